The third-order valence-electron chi connectivity index (χ3n) is 3.76. The van der Waals surface area contributed by atoms with Gasteiger partial charge in [0.05, 0.1) is 6.61 Å². The van der Waals surface area contributed by atoms with Crippen molar-refractivity contribution in [2.75, 3.05) is 25.0 Å². The van der Waals surface area contributed by atoms with E-state index in [4.69, 9.17) is 4.74 Å². The van der Waals surface area contributed by atoms with E-state index < -0.39 is 0 Å². The molecule has 1 aromatic rings. The first-order valence-corrected chi connectivity index (χ1v) is 8.14. The number of hydrogen-bond donors (Lipinski definition) is 2. The van der Waals surface area contributed by atoms with Crippen molar-refractivity contribution in [3.8, 4) is 5.75 Å². The van der Waals surface area contributed by atoms with Crippen molar-refractivity contribution in [1.82, 2.24) is 10.2 Å². The molecule has 1 aliphatic rings. The maximum absolute atomic E-state index is 12.2. The summed E-state index contributed by atoms with van der Waals surface area (Å²) in [7, 11) is 0. The Morgan fingerprint density at radius 3 is 2.70 bits per heavy atom. The van der Waals surface area contributed by atoms with Crippen LogP contribution in [0.5, 0.6) is 5.75 Å². The molecule has 3 amide bonds. The molecule has 6 nitrogen and oxygen atoms in total. The van der Waals surface area contributed by atoms with E-state index in [0.29, 0.717) is 19.7 Å². The minimum absolute atomic E-state index is 0.0487. The summed E-state index contributed by atoms with van der Waals surface area (Å²) in [5, 5.41) is 5.72. The predicted molar refractivity (Wildman–Crippen MR) is 89.7 cm³/mol. The lowest BCUT2D eigenvalue weighted by atomic mass is 10.3. The van der Waals surface area contributed by atoms with E-state index in [1.165, 1.54) is 6.92 Å². The van der Waals surface area contributed by atoms with Crippen LogP contribution in [-0.4, -0.2) is 42.6 Å². The molecule has 0 saturated carbocycles. The first-order chi connectivity index (χ1) is 11.1. The summed E-state index contributed by atoms with van der Waals surface area (Å²) in [5.74, 6) is 0.749. The van der Waals surface area contributed by atoms with Gasteiger partial charge in [0, 0.05) is 31.7 Å². The number of urea groups is 1. The summed E-state index contributed by atoms with van der Waals surface area (Å²) < 4.78 is 5.59. The highest BCUT2D eigenvalue weighted by Crippen LogP contribution is 2.17. The van der Waals surface area contributed by atoms with Gasteiger partial charge in [-0.3, -0.25) is 4.79 Å². The largest absolute Gasteiger partial charge is 0.494 e. The number of benzene rings is 1. The number of unbranched alkanes of at least 4 members (excludes halogenated alkanes) is 1. The number of carbonyl (C=O) groups excluding carboxylic acids is 2. The van der Waals surface area contributed by atoms with Gasteiger partial charge in [-0.05, 0) is 37.1 Å². The molecule has 0 spiro atoms. The first kappa shape index (κ1) is 17.1. The molecule has 1 saturated heterocycles. The average Bonchev–Trinajstić information content (AvgIpc) is 2.97. The fraction of sp³-hybridized carbons (Fsp3) is 0.529. The van der Waals surface area contributed by atoms with Crippen LogP contribution in [0.1, 0.15) is 33.1 Å². The predicted octanol–water partition coefficient (Wildman–Crippen LogP) is 2.61. The van der Waals surface area contributed by atoms with Crippen LogP contribution in [0.15, 0.2) is 24.3 Å². The molecule has 1 aliphatic heterocycles. The summed E-state index contributed by atoms with van der Waals surface area (Å²) in [6, 6.07) is 7.29. The molecule has 2 rings (SSSR count). The first-order valence-electron chi connectivity index (χ1n) is 8.14. The van der Waals surface area contributed by atoms with E-state index >= 15 is 0 Å². The van der Waals surface area contributed by atoms with Crippen LogP contribution in [0, 0.1) is 0 Å². The van der Waals surface area contributed by atoms with Gasteiger partial charge in [-0.2, -0.15) is 0 Å². The standard InChI is InChI=1S/C17H25N3O3/c1-3-4-11-23-16-7-5-14(6-8-16)19-17(22)20-10-9-15(12-20)18-13(2)21/h5-8,15H,3-4,9-12H2,1-2H3,(H,18,21)(H,19,22). The maximum Gasteiger partial charge on any atom is 0.321 e. The molecule has 1 unspecified atom stereocenters. The molecular formula is C17H25N3O3. The van der Waals surface area contributed by atoms with Crippen molar-refractivity contribution < 1.29 is 14.3 Å². The number of amides is 3. The van der Waals surface area contributed by atoms with Gasteiger partial charge < -0.3 is 20.3 Å². The molecule has 0 bridgehead atoms. The quantitative estimate of drug-likeness (QED) is 0.792. The van der Waals surface area contributed by atoms with E-state index in [9.17, 15) is 9.59 Å². The van der Waals surface area contributed by atoms with Gasteiger partial charge in [-0.1, -0.05) is 13.3 Å². The number of carbonyl (C=O) groups is 2. The van der Waals surface area contributed by atoms with Gasteiger partial charge in [0.15, 0.2) is 0 Å². The zero-order chi connectivity index (χ0) is 16.7. The third-order valence-corrected chi connectivity index (χ3v) is 3.76. The Kier molecular flexibility index (Phi) is 6.26. The number of nitrogens with zero attached hydrogens (tertiary/aromatic N) is 1. The van der Waals surface area contributed by atoms with Crippen molar-refractivity contribution >= 4 is 17.6 Å². The van der Waals surface area contributed by atoms with Crippen LogP contribution in [-0.2, 0) is 4.79 Å². The van der Waals surface area contributed by atoms with Crippen molar-refractivity contribution in [2.24, 2.45) is 0 Å². The Bertz CT molecular complexity index is 530. The van der Waals surface area contributed by atoms with Crippen LogP contribution in [0.2, 0.25) is 0 Å². The van der Waals surface area contributed by atoms with Crippen LogP contribution in [0.25, 0.3) is 0 Å². The molecule has 1 fully saturated rings. The van der Waals surface area contributed by atoms with Crippen LogP contribution in [0.3, 0.4) is 0 Å². The second-order valence-electron chi connectivity index (χ2n) is 5.79. The highest BCUT2D eigenvalue weighted by atomic mass is 16.5. The van der Waals surface area contributed by atoms with Gasteiger partial charge in [-0.25, -0.2) is 4.79 Å². The molecule has 1 heterocycles. The fourth-order valence-corrected chi connectivity index (χ4v) is 2.52. The summed E-state index contributed by atoms with van der Waals surface area (Å²) in [5.41, 5.74) is 0.737. The number of hydrogen-bond acceptors (Lipinski definition) is 3. The third kappa shape index (κ3) is 5.47. The second-order valence-corrected chi connectivity index (χ2v) is 5.79. The van der Waals surface area contributed by atoms with Crippen molar-refractivity contribution in [1.29, 1.82) is 0 Å². The van der Waals surface area contributed by atoms with Gasteiger partial charge in [-0.15, -0.1) is 0 Å². The van der Waals surface area contributed by atoms with E-state index in [2.05, 4.69) is 17.6 Å². The van der Waals surface area contributed by atoms with E-state index in [1.807, 2.05) is 24.3 Å². The molecule has 1 aromatic carbocycles. The summed E-state index contributed by atoms with van der Waals surface area (Å²) in [4.78, 5) is 25.0. The zero-order valence-corrected chi connectivity index (χ0v) is 13.8. The number of likely N-dealkylation sites (tertiary alicyclic amines) is 1. The van der Waals surface area contributed by atoms with Crippen LogP contribution >= 0.6 is 0 Å². The minimum atomic E-state index is -0.141. The molecular weight excluding hydrogens is 294 g/mol. The molecule has 0 aliphatic carbocycles. The van der Waals surface area contributed by atoms with Gasteiger partial charge in [0.25, 0.3) is 0 Å². The van der Waals surface area contributed by atoms with Crippen LogP contribution in [0.4, 0.5) is 10.5 Å². The minimum Gasteiger partial charge on any atom is -0.494 e. The summed E-state index contributed by atoms with van der Waals surface area (Å²) in [6.45, 7) is 5.52. The number of anilines is 1. The lowest BCUT2D eigenvalue weighted by molar-refractivity contribution is -0.119. The van der Waals surface area contributed by atoms with Crippen LogP contribution < -0.4 is 15.4 Å². The topological polar surface area (TPSA) is 70.7 Å². The van der Waals surface area contributed by atoms with Gasteiger partial charge >= 0.3 is 6.03 Å². The smallest absolute Gasteiger partial charge is 0.321 e. The number of ether oxygens (including phenoxy) is 1. The Morgan fingerprint density at radius 2 is 2.04 bits per heavy atom. The zero-order valence-electron chi connectivity index (χ0n) is 13.8. The Hall–Kier alpha value is -2.24. The van der Waals surface area contributed by atoms with E-state index in [1.54, 1.807) is 4.90 Å². The Labute approximate surface area is 137 Å². The number of nitrogens with one attached hydrogen (secondary N) is 2. The van der Waals surface area contributed by atoms with Crippen molar-refractivity contribution in [2.45, 2.75) is 39.2 Å². The summed E-state index contributed by atoms with van der Waals surface area (Å²) >= 11 is 0. The Balaban J connectivity index is 1.80. The number of rotatable bonds is 6. The second kappa shape index (κ2) is 8.41. The molecule has 1 atom stereocenters. The van der Waals surface area contributed by atoms with E-state index in [0.717, 1.165) is 30.7 Å². The average molecular weight is 319 g/mol. The molecule has 23 heavy (non-hydrogen) atoms. The molecule has 0 radical (unpaired) electrons. The van der Waals surface area contributed by atoms with Gasteiger partial charge in [0.1, 0.15) is 5.75 Å². The monoisotopic (exact) mass is 319 g/mol. The van der Waals surface area contributed by atoms with Crippen molar-refractivity contribution in [3.05, 3.63) is 24.3 Å². The normalized spacial score (nSPS) is 17.0. The lowest BCUT2D eigenvalue weighted by Crippen LogP contribution is -2.38. The lowest BCUT2D eigenvalue weighted by Gasteiger charge is -2.17. The summed E-state index contributed by atoms with van der Waals surface area (Å²) in [6.07, 6.45) is 2.92. The molecule has 2 N–H and O–H groups in total. The van der Waals surface area contributed by atoms with Crippen molar-refractivity contribution in [3.63, 3.8) is 0 Å². The molecule has 0 aromatic heterocycles. The SMILES string of the molecule is CCCCOc1ccc(NC(=O)N2CCC(NC(C)=O)C2)cc1. The highest BCUT2D eigenvalue weighted by Gasteiger charge is 2.26. The Morgan fingerprint density at radius 1 is 1.30 bits per heavy atom. The molecule has 126 valence electrons. The molecule has 6 heteroatoms. The fourth-order valence-electron chi connectivity index (χ4n) is 2.52. The van der Waals surface area contributed by atoms with E-state index in [-0.39, 0.29) is 18.0 Å². The highest BCUT2D eigenvalue weighted by molar-refractivity contribution is 5.89. The van der Waals surface area contributed by atoms with Gasteiger partial charge in [0.2, 0.25) is 5.91 Å². The maximum atomic E-state index is 12.2.